The van der Waals surface area contributed by atoms with Crippen molar-refractivity contribution in [2.75, 3.05) is 19.3 Å². The Morgan fingerprint density at radius 2 is 1.76 bits per heavy atom. The van der Waals surface area contributed by atoms with Crippen molar-refractivity contribution in [2.24, 2.45) is 0 Å². The van der Waals surface area contributed by atoms with E-state index in [1.807, 2.05) is 22.3 Å². The molecule has 4 aromatic rings. The number of imidazole rings is 1. The van der Waals surface area contributed by atoms with E-state index in [4.69, 9.17) is 0 Å². The van der Waals surface area contributed by atoms with Crippen LogP contribution in [0.25, 0.3) is 33.3 Å². The summed E-state index contributed by atoms with van der Waals surface area (Å²) in [6, 6.07) is 10.9. The summed E-state index contributed by atoms with van der Waals surface area (Å²) in [5.74, 6) is 0. The summed E-state index contributed by atoms with van der Waals surface area (Å²) in [6.07, 6.45) is 9.05. The van der Waals surface area contributed by atoms with Crippen LogP contribution in [0.3, 0.4) is 0 Å². The molecule has 0 amide bonds. The molecule has 1 aromatic carbocycles. The van der Waals surface area contributed by atoms with Gasteiger partial charge in [0.25, 0.3) is 0 Å². The Hall–Kier alpha value is -2.91. The first-order chi connectivity index (χ1) is 17.8. The van der Waals surface area contributed by atoms with Gasteiger partial charge in [-0.2, -0.15) is 0 Å². The summed E-state index contributed by atoms with van der Waals surface area (Å²) in [4.78, 5) is 23.9. The molecule has 6 rings (SSSR count). The number of pyridine rings is 1. The minimum Gasteiger partial charge on any atom is -0.339 e. The van der Waals surface area contributed by atoms with E-state index in [0.29, 0.717) is 19.4 Å². The van der Waals surface area contributed by atoms with Gasteiger partial charge in [-0.05, 0) is 62.9 Å². The van der Waals surface area contributed by atoms with E-state index < -0.39 is 9.84 Å². The number of hydrogen-bond donors (Lipinski definition) is 1. The third-order valence-electron chi connectivity index (χ3n) is 8.40. The summed E-state index contributed by atoms with van der Waals surface area (Å²) in [7, 11) is -2.95. The molecule has 8 nitrogen and oxygen atoms in total. The van der Waals surface area contributed by atoms with Crippen LogP contribution in [0, 0.1) is 0 Å². The van der Waals surface area contributed by atoms with Gasteiger partial charge in [-0.15, -0.1) is 0 Å². The van der Waals surface area contributed by atoms with Gasteiger partial charge in [0.15, 0.2) is 0 Å². The first kappa shape index (κ1) is 24.4. The van der Waals surface area contributed by atoms with Crippen LogP contribution < -0.4 is 5.69 Å². The van der Waals surface area contributed by atoms with Crippen LogP contribution in [0.2, 0.25) is 0 Å². The van der Waals surface area contributed by atoms with E-state index in [9.17, 15) is 13.2 Å². The molecule has 1 aliphatic carbocycles. The first-order valence-electron chi connectivity index (χ1n) is 13.5. The SMILES string of the molecule is CCn1c(=O)n(C2CCCC2)c2c3cc(-c4ccc(CN5CCC(S(C)(=O)=O)CC5)cc4)[nH]c3ncc21. The smallest absolute Gasteiger partial charge is 0.329 e. The normalized spacial score (nSPS) is 18.4. The zero-order chi connectivity index (χ0) is 25.7. The van der Waals surface area contributed by atoms with Crippen molar-refractivity contribution in [3.8, 4) is 11.3 Å². The highest BCUT2D eigenvalue weighted by molar-refractivity contribution is 7.91. The molecule has 3 aromatic heterocycles. The number of nitrogens with zero attached hydrogens (tertiary/aromatic N) is 4. The van der Waals surface area contributed by atoms with Crippen molar-refractivity contribution < 1.29 is 8.42 Å². The quantitative estimate of drug-likeness (QED) is 0.404. The fourth-order valence-corrected chi connectivity index (χ4v) is 7.40. The van der Waals surface area contributed by atoms with Crippen molar-refractivity contribution >= 4 is 31.9 Å². The van der Waals surface area contributed by atoms with Crippen LogP contribution in [0.5, 0.6) is 0 Å². The lowest BCUT2D eigenvalue weighted by Crippen LogP contribution is -2.38. The lowest BCUT2D eigenvalue weighted by molar-refractivity contribution is 0.222. The van der Waals surface area contributed by atoms with E-state index in [0.717, 1.165) is 65.8 Å². The van der Waals surface area contributed by atoms with E-state index in [1.165, 1.54) is 24.7 Å². The minimum atomic E-state index is -2.95. The van der Waals surface area contributed by atoms with Crippen molar-refractivity contribution in [1.82, 2.24) is 24.0 Å². The molecule has 196 valence electrons. The Morgan fingerprint density at radius 1 is 1.05 bits per heavy atom. The standard InChI is InChI=1S/C28H35N5O3S/c1-3-32-25-17-29-27-23(26(25)33(28(32)34)21-6-4-5-7-21)16-24(30-27)20-10-8-19(9-11-20)18-31-14-12-22(13-15-31)37(2,35)36/h8-11,16-17,21-22H,3-7,12-15,18H2,1-2H3,(H,29,30). The van der Waals surface area contributed by atoms with Crippen LogP contribution in [0.15, 0.2) is 41.3 Å². The van der Waals surface area contributed by atoms with Gasteiger partial charge in [0.2, 0.25) is 0 Å². The Kier molecular flexibility index (Phi) is 6.23. The number of H-pyrrole nitrogens is 1. The molecule has 1 N–H and O–H groups in total. The number of sulfone groups is 1. The molecule has 2 aliphatic rings. The average molecular weight is 522 g/mol. The molecule has 0 unspecified atom stereocenters. The van der Waals surface area contributed by atoms with Gasteiger partial charge in [0.1, 0.15) is 15.5 Å². The highest BCUT2D eigenvalue weighted by Crippen LogP contribution is 2.35. The van der Waals surface area contributed by atoms with E-state index >= 15 is 0 Å². The molecular weight excluding hydrogens is 486 g/mol. The predicted octanol–water partition coefficient (Wildman–Crippen LogP) is 4.49. The third kappa shape index (κ3) is 4.42. The molecule has 37 heavy (non-hydrogen) atoms. The highest BCUT2D eigenvalue weighted by atomic mass is 32.2. The largest absolute Gasteiger partial charge is 0.339 e. The lowest BCUT2D eigenvalue weighted by atomic mass is 10.1. The highest BCUT2D eigenvalue weighted by Gasteiger charge is 2.27. The monoisotopic (exact) mass is 521 g/mol. The maximum atomic E-state index is 13.3. The molecule has 1 aliphatic heterocycles. The maximum Gasteiger partial charge on any atom is 0.329 e. The summed E-state index contributed by atoms with van der Waals surface area (Å²) < 4.78 is 27.5. The summed E-state index contributed by atoms with van der Waals surface area (Å²) in [5, 5.41) is 0.800. The van der Waals surface area contributed by atoms with Crippen molar-refractivity contribution in [2.45, 2.75) is 69.8 Å². The number of likely N-dealkylation sites (tertiary alicyclic amines) is 1. The number of aromatic nitrogens is 4. The molecule has 0 bridgehead atoms. The van der Waals surface area contributed by atoms with Gasteiger partial charge in [0, 0.05) is 36.5 Å². The second-order valence-electron chi connectivity index (χ2n) is 10.8. The number of hydrogen-bond acceptors (Lipinski definition) is 5. The second kappa shape index (κ2) is 9.44. The Morgan fingerprint density at radius 3 is 2.41 bits per heavy atom. The van der Waals surface area contributed by atoms with Crippen LogP contribution in [-0.2, 0) is 22.9 Å². The molecule has 0 atom stereocenters. The number of rotatable bonds is 6. The van der Waals surface area contributed by atoms with Gasteiger partial charge < -0.3 is 4.98 Å². The average Bonchev–Trinajstić information content (AvgIpc) is 3.61. The fourth-order valence-electron chi connectivity index (χ4n) is 6.34. The molecule has 2 fully saturated rings. The number of aryl methyl sites for hydroxylation is 1. The Labute approximate surface area is 217 Å². The van der Waals surface area contributed by atoms with Crippen LogP contribution in [0.4, 0.5) is 0 Å². The molecule has 4 heterocycles. The summed E-state index contributed by atoms with van der Waals surface area (Å²) in [5.41, 5.74) is 6.08. The fraction of sp³-hybridized carbons (Fsp3) is 0.500. The summed E-state index contributed by atoms with van der Waals surface area (Å²) >= 11 is 0. The predicted molar refractivity (Wildman–Crippen MR) is 148 cm³/mol. The number of nitrogens with one attached hydrogen (secondary N) is 1. The lowest BCUT2D eigenvalue weighted by Gasteiger charge is -2.31. The van der Waals surface area contributed by atoms with E-state index in [1.54, 1.807) is 0 Å². The minimum absolute atomic E-state index is 0.0753. The third-order valence-corrected chi connectivity index (χ3v) is 10.1. The van der Waals surface area contributed by atoms with Gasteiger partial charge in [0.05, 0.1) is 22.5 Å². The Balaban J connectivity index is 1.28. The zero-order valence-corrected chi connectivity index (χ0v) is 22.4. The van der Waals surface area contributed by atoms with Crippen LogP contribution >= 0.6 is 0 Å². The summed E-state index contributed by atoms with van der Waals surface area (Å²) in [6.45, 7) is 5.09. The molecular formula is C28H35N5O3S. The second-order valence-corrected chi connectivity index (χ2v) is 13.1. The number of benzene rings is 1. The van der Waals surface area contributed by atoms with Gasteiger partial charge in [-0.3, -0.25) is 14.0 Å². The van der Waals surface area contributed by atoms with Gasteiger partial charge in [-0.1, -0.05) is 37.1 Å². The van der Waals surface area contributed by atoms with Crippen molar-refractivity contribution in [3.63, 3.8) is 0 Å². The van der Waals surface area contributed by atoms with E-state index in [-0.39, 0.29) is 17.0 Å². The first-order valence-corrected chi connectivity index (χ1v) is 15.4. The van der Waals surface area contributed by atoms with Gasteiger partial charge in [-0.25, -0.2) is 18.2 Å². The van der Waals surface area contributed by atoms with E-state index in [2.05, 4.69) is 45.2 Å². The van der Waals surface area contributed by atoms with Crippen molar-refractivity contribution in [3.05, 3.63) is 52.6 Å². The number of piperidine rings is 1. The Bertz CT molecular complexity index is 1600. The van der Waals surface area contributed by atoms with Crippen LogP contribution in [-0.4, -0.2) is 57.0 Å². The molecule has 9 heteroatoms. The molecule has 1 saturated carbocycles. The number of fused-ring (bicyclic) bond motifs is 3. The number of aromatic amines is 1. The molecule has 0 spiro atoms. The maximum absolute atomic E-state index is 13.3. The molecule has 0 radical (unpaired) electrons. The zero-order valence-electron chi connectivity index (χ0n) is 21.6. The van der Waals surface area contributed by atoms with Gasteiger partial charge >= 0.3 is 5.69 Å². The topological polar surface area (TPSA) is 93.0 Å². The molecule has 1 saturated heterocycles. The van der Waals surface area contributed by atoms with Crippen molar-refractivity contribution in [1.29, 1.82) is 0 Å². The van der Waals surface area contributed by atoms with Crippen LogP contribution in [0.1, 0.15) is 57.1 Å².